The smallest absolute Gasteiger partial charge is 0.325 e. The Kier molecular flexibility index (Phi) is 5.48. The molecule has 10 heteroatoms. The van der Waals surface area contributed by atoms with Crippen molar-refractivity contribution in [3.8, 4) is 5.75 Å². The van der Waals surface area contributed by atoms with E-state index in [1.807, 2.05) is 0 Å². The highest BCUT2D eigenvalue weighted by Gasteiger charge is 2.51. The molecule has 4 amide bonds. The predicted octanol–water partition coefficient (Wildman–Crippen LogP) is 1.59. The van der Waals surface area contributed by atoms with Crippen molar-refractivity contribution in [3.63, 3.8) is 0 Å². The van der Waals surface area contributed by atoms with Crippen LogP contribution < -0.4 is 15.4 Å². The summed E-state index contributed by atoms with van der Waals surface area (Å²) in [5.74, 6) is -0.493. The van der Waals surface area contributed by atoms with Crippen LogP contribution in [0.1, 0.15) is 42.5 Å². The molecule has 0 bridgehead atoms. The number of hydrogen-bond donors (Lipinski definition) is 2. The molecule has 0 radical (unpaired) electrons. The molecule has 1 aliphatic heterocycles. The largest absolute Gasteiger partial charge is 0.496 e. The monoisotopic (exact) mass is 390 g/mol. The Labute approximate surface area is 161 Å². The summed E-state index contributed by atoms with van der Waals surface area (Å²) in [6.07, 6.45) is 3.54. The minimum Gasteiger partial charge on any atom is -0.496 e. The molecule has 3 rings (SSSR count). The van der Waals surface area contributed by atoms with Gasteiger partial charge in [-0.15, -0.1) is 0 Å². The molecular weight excluding hydrogens is 368 g/mol. The van der Waals surface area contributed by atoms with Crippen LogP contribution in [0.3, 0.4) is 0 Å². The maximum atomic E-state index is 12.5. The normalized spacial score (nSPS) is 17.7. The van der Waals surface area contributed by atoms with Crippen molar-refractivity contribution in [1.82, 2.24) is 15.5 Å². The second-order valence-corrected chi connectivity index (χ2v) is 6.93. The predicted molar refractivity (Wildman–Crippen MR) is 98.0 cm³/mol. The third kappa shape index (κ3) is 3.62. The van der Waals surface area contributed by atoms with Gasteiger partial charge in [0.25, 0.3) is 17.5 Å². The van der Waals surface area contributed by atoms with E-state index in [-0.39, 0.29) is 36.0 Å². The zero-order valence-electron chi connectivity index (χ0n) is 15.5. The van der Waals surface area contributed by atoms with Gasteiger partial charge in [-0.25, -0.2) is 4.79 Å². The molecule has 2 fully saturated rings. The Morgan fingerprint density at radius 3 is 2.71 bits per heavy atom. The van der Waals surface area contributed by atoms with Gasteiger partial charge in [0.2, 0.25) is 0 Å². The summed E-state index contributed by atoms with van der Waals surface area (Å²) in [6, 6.07) is 3.38. The van der Waals surface area contributed by atoms with E-state index in [9.17, 15) is 24.5 Å². The van der Waals surface area contributed by atoms with Crippen molar-refractivity contribution in [1.29, 1.82) is 0 Å². The van der Waals surface area contributed by atoms with Gasteiger partial charge in [-0.2, -0.15) is 0 Å². The number of nitrogens with zero attached hydrogens (tertiary/aromatic N) is 2. The van der Waals surface area contributed by atoms with Crippen LogP contribution in [0.2, 0.25) is 0 Å². The number of carbonyl (C=O) groups excluding carboxylic acids is 3. The fourth-order valence-electron chi connectivity index (χ4n) is 3.72. The van der Waals surface area contributed by atoms with Gasteiger partial charge in [-0.3, -0.25) is 24.6 Å². The molecule has 0 unspecified atom stereocenters. The highest BCUT2D eigenvalue weighted by molar-refractivity contribution is 6.07. The Balaban J connectivity index is 1.55. The van der Waals surface area contributed by atoms with E-state index in [1.54, 1.807) is 0 Å². The molecule has 0 atom stereocenters. The number of amides is 4. The summed E-state index contributed by atoms with van der Waals surface area (Å²) in [6.45, 7) is 0.396. The Hall–Kier alpha value is -3.17. The molecule has 1 aliphatic carbocycles. The lowest BCUT2D eigenvalue weighted by Gasteiger charge is -2.20. The number of rotatable bonds is 7. The summed E-state index contributed by atoms with van der Waals surface area (Å²) in [4.78, 5) is 48.5. The minimum atomic E-state index is -0.739. The quantitative estimate of drug-likeness (QED) is 0.315. The average Bonchev–Trinajstić information content (AvgIpc) is 3.24. The molecule has 2 aliphatic rings. The molecule has 1 saturated carbocycles. The standard InChI is InChI=1S/C18H22N4O6/c1-28-14-6-5-12(22(26)27)11-13(14)15(23)19-9-4-10-21-16(24)18(20-17(21)25)7-2-3-8-18/h5-6,11H,2-4,7-10H2,1H3,(H,19,23)(H,20,25). The summed E-state index contributed by atoms with van der Waals surface area (Å²) in [5.41, 5.74) is -0.903. The van der Waals surface area contributed by atoms with Crippen LogP contribution in [-0.4, -0.2) is 53.4 Å². The topological polar surface area (TPSA) is 131 Å². The molecule has 28 heavy (non-hydrogen) atoms. The lowest BCUT2D eigenvalue weighted by atomic mass is 9.98. The number of ether oxygens (including phenoxy) is 1. The number of urea groups is 1. The molecule has 1 saturated heterocycles. The van der Waals surface area contributed by atoms with Crippen molar-refractivity contribution in [2.45, 2.75) is 37.6 Å². The third-order valence-electron chi connectivity index (χ3n) is 5.19. The lowest BCUT2D eigenvalue weighted by Crippen LogP contribution is -2.44. The maximum Gasteiger partial charge on any atom is 0.325 e. The number of methoxy groups -OCH3 is 1. The van der Waals surface area contributed by atoms with E-state index in [4.69, 9.17) is 4.74 Å². The van der Waals surface area contributed by atoms with E-state index in [0.717, 1.165) is 18.9 Å². The van der Waals surface area contributed by atoms with Crippen molar-refractivity contribution in [2.75, 3.05) is 20.2 Å². The van der Waals surface area contributed by atoms with Crippen molar-refractivity contribution >= 4 is 23.5 Å². The number of non-ortho nitro benzene ring substituents is 1. The fourth-order valence-corrected chi connectivity index (χ4v) is 3.72. The number of benzene rings is 1. The summed E-state index contributed by atoms with van der Waals surface area (Å²) >= 11 is 0. The van der Waals surface area contributed by atoms with Gasteiger partial charge >= 0.3 is 6.03 Å². The zero-order chi connectivity index (χ0) is 20.3. The van der Waals surface area contributed by atoms with Crippen LogP contribution in [0.4, 0.5) is 10.5 Å². The highest BCUT2D eigenvalue weighted by atomic mass is 16.6. The molecule has 1 aromatic rings. The lowest BCUT2D eigenvalue weighted by molar-refractivity contribution is -0.384. The maximum absolute atomic E-state index is 12.5. The molecule has 10 nitrogen and oxygen atoms in total. The van der Waals surface area contributed by atoms with Crippen LogP contribution in [0.15, 0.2) is 18.2 Å². The SMILES string of the molecule is COc1ccc([N+](=O)[O-])cc1C(=O)NCCCN1C(=O)NC2(CCCC2)C1=O. The van der Waals surface area contributed by atoms with Crippen LogP contribution >= 0.6 is 0 Å². The van der Waals surface area contributed by atoms with Gasteiger partial charge in [0, 0.05) is 25.2 Å². The van der Waals surface area contributed by atoms with Gasteiger partial charge in [-0.1, -0.05) is 12.8 Å². The molecule has 2 N–H and O–H groups in total. The van der Waals surface area contributed by atoms with E-state index in [0.29, 0.717) is 19.3 Å². The first-order valence-corrected chi connectivity index (χ1v) is 9.13. The minimum absolute atomic E-state index is 0.0524. The van der Waals surface area contributed by atoms with Gasteiger partial charge in [0.1, 0.15) is 11.3 Å². The van der Waals surface area contributed by atoms with Gasteiger partial charge in [0.15, 0.2) is 0 Å². The van der Waals surface area contributed by atoms with Crippen LogP contribution in [-0.2, 0) is 4.79 Å². The fraction of sp³-hybridized carbons (Fsp3) is 0.500. The second kappa shape index (κ2) is 7.83. The molecule has 0 aromatic heterocycles. The Morgan fingerprint density at radius 1 is 1.36 bits per heavy atom. The zero-order valence-corrected chi connectivity index (χ0v) is 15.5. The van der Waals surface area contributed by atoms with Crippen LogP contribution in [0, 0.1) is 10.1 Å². The molecule has 1 heterocycles. The second-order valence-electron chi connectivity index (χ2n) is 6.93. The number of nitro groups is 1. The Bertz CT molecular complexity index is 818. The number of nitro benzene ring substituents is 1. The Morgan fingerprint density at radius 2 is 2.07 bits per heavy atom. The molecule has 1 spiro atoms. The van der Waals surface area contributed by atoms with E-state index < -0.39 is 22.4 Å². The number of carbonyl (C=O) groups is 3. The van der Waals surface area contributed by atoms with E-state index in [2.05, 4.69) is 10.6 Å². The van der Waals surface area contributed by atoms with Crippen LogP contribution in [0.5, 0.6) is 5.75 Å². The number of imide groups is 1. The molecule has 150 valence electrons. The number of nitrogens with one attached hydrogen (secondary N) is 2. The van der Waals surface area contributed by atoms with Crippen molar-refractivity contribution < 1.29 is 24.0 Å². The first-order valence-electron chi connectivity index (χ1n) is 9.13. The van der Waals surface area contributed by atoms with Crippen molar-refractivity contribution in [3.05, 3.63) is 33.9 Å². The molecule has 1 aromatic carbocycles. The first-order chi connectivity index (χ1) is 13.4. The van der Waals surface area contributed by atoms with Gasteiger partial charge < -0.3 is 15.4 Å². The van der Waals surface area contributed by atoms with Crippen molar-refractivity contribution in [2.24, 2.45) is 0 Å². The van der Waals surface area contributed by atoms with Crippen LogP contribution in [0.25, 0.3) is 0 Å². The summed E-state index contributed by atoms with van der Waals surface area (Å²) in [7, 11) is 1.37. The van der Waals surface area contributed by atoms with E-state index >= 15 is 0 Å². The molecular formula is C18H22N4O6. The summed E-state index contributed by atoms with van der Waals surface area (Å²) in [5, 5.41) is 16.4. The number of hydrogen-bond acceptors (Lipinski definition) is 6. The van der Waals surface area contributed by atoms with Gasteiger partial charge in [-0.05, 0) is 25.3 Å². The highest BCUT2D eigenvalue weighted by Crippen LogP contribution is 2.35. The average molecular weight is 390 g/mol. The van der Waals surface area contributed by atoms with Gasteiger partial charge in [0.05, 0.1) is 17.6 Å². The summed E-state index contributed by atoms with van der Waals surface area (Å²) < 4.78 is 5.08. The van der Waals surface area contributed by atoms with E-state index in [1.165, 1.54) is 24.1 Å². The third-order valence-corrected chi connectivity index (χ3v) is 5.19. The first kappa shape index (κ1) is 19.6.